The number of benzene rings is 3. The fourth-order valence-electron chi connectivity index (χ4n) is 4.62. The number of aromatic nitrogens is 3. The molecule has 2 N–H and O–H groups in total. The summed E-state index contributed by atoms with van der Waals surface area (Å²) in [6.07, 6.45) is 1.75. The molecule has 5 rings (SSSR count). The highest BCUT2D eigenvalue weighted by molar-refractivity contribution is 5.63. The van der Waals surface area contributed by atoms with Crippen LogP contribution in [0, 0.1) is 5.82 Å². The molecule has 7 heteroatoms. The second-order valence-electron chi connectivity index (χ2n) is 8.96. The SMILES string of the molecule is CN(C)CCC[C@@]1(c2ccc(F)cc2)OCc2cc(-c3n[nH]c(-c4ccc(O)cc4)n3)ccc21. The van der Waals surface area contributed by atoms with Crippen molar-refractivity contribution >= 4 is 0 Å². The standard InChI is InChI=1S/C27H27FN4O2/c1-32(2)15-3-14-27(21-7-9-22(28)10-8-21)24-13-6-19(16-20(24)17-34-27)26-29-25(30-31-26)18-4-11-23(33)12-5-18/h4-13,16,33H,3,14-15,17H2,1-2H3,(H,29,30,31)/t27-/m0/s1. The summed E-state index contributed by atoms with van der Waals surface area (Å²) in [4.78, 5) is 6.80. The van der Waals surface area contributed by atoms with Crippen LogP contribution < -0.4 is 0 Å². The lowest BCUT2D eigenvalue weighted by molar-refractivity contribution is -0.0140. The van der Waals surface area contributed by atoms with Crippen molar-refractivity contribution in [3.8, 4) is 28.5 Å². The summed E-state index contributed by atoms with van der Waals surface area (Å²) in [6, 6.07) is 19.7. The number of halogens is 1. The van der Waals surface area contributed by atoms with Gasteiger partial charge in [-0.1, -0.05) is 24.3 Å². The Bertz CT molecular complexity index is 1280. The summed E-state index contributed by atoms with van der Waals surface area (Å²) in [7, 11) is 4.12. The van der Waals surface area contributed by atoms with E-state index in [0.29, 0.717) is 18.3 Å². The van der Waals surface area contributed by atoms with Gasteiger partial charge in [0.15, 0.2) is 11.6 Å². The molecular weight excluding hydrogens is 431 g/mol. The summed E-state index contributed by atoms with van der Waals surface area (Å²) in [5.74, 6) is 1.18. The van der Waals surface area contributed by atoms with Crippen LogP contribution in [0.5, 0.6) is 5.75 Å². The van der Waals surface area contributed by atoms with Crippen LogP contribution >= 0.6 is 0 Å². The third-order valence-electron chi connectivity index (χ3n) is 6.34. The van der Waals surface area contributed by atoms with Crippen LogP contribution in [0.4, 0.5) is 4.39 Å². The average molecular weight is 459 g/mol. The maximum atomic E-state index is 13.7. The van der Waals surface area contributed by atoms with E-state index in [1.807, 2.05) is 18.2 Å². The maximum Gasteiger partial charge on any atom is 0.181 e. The van der Waals surface area contributed by atoms with Crippen molar-refractivity contribution in [2.75, 3.05) is 20.6 Å². The first-order chi connectivity index (χ1) is 16.4. The van der Waals surface area contributed by atoms with Crippen LogP contribution in [-0.2, 0) is 16.9 Å². The summed E-state index contributed by atoms with van der Waals surface area (Å²) in [5, 5.41) is 16.9. The third-order valence-corrected chi connectivity index (χ3v) is 6.34. The number of nitrogens with one attached hydrogen (secondary N) is 1. The van der Waals surface area contributed by atoms with Gasteiger partial charge in [-0.3, -0.25) is 5.10 Å². The maximum absolute atomic E-state index is 13.7. The van der Waals surface area contributed by atoms with Crippen molar-refractivity contribution in [2.24, 2.45) is 0 Å². The molecule has 4 aromatic rings. The zero-order chi connectivity index (χ0) is 23.7. The Kier molecular flexibility index (Phi) is 5.89. The molecule has 0 radical (unpaired) electrons. The number of hydrogen-bond acceptors (Lipinski definition) is 5. The number of rotatable bonds is 7. The normalized spacial score (nSPS) is 17.3. The lowest BCUT2D eigenvalue weighted by Crippen LogP contribution is -2.28. The van der Waals surface area contributed by atoms with Crippen molar-refractivity contribution in [1.82, 2.24) is 20.1 Å². The largest absolute Gasteiger partial charge is 0.508 e. The van der Waals surface area contributed by atoms with Gasteiger partial charge in [0.25, 0.3) is 0 Å². The Labute approximate surface area is 198 Å². The van der Waals surface area contributed by atoms with Gasteiger partial charge in [-0.05, 0) is 92.6 Å². The van der Waals surface area contributed by atoms with Gasteiger partial charge in [0.05, 0.1) is 6.61 Å². The summed E-state index contributed by atoms with van der Waals surface area (Å²) < 4.78 is 20.1. The third kappa shape index (κ3) is 4.20. The highest BCUT2D eigenvalue weighted by Gasteiger charge is 2.41. The number of aromatic amines is 1. The van der Waals surface area contributed by atoms with Crippen LogP contribution in [0.25, 0.3) is 22.8 Å². The molecule has 2 heterocycles. The number of fused-ring (bicyclic) bond motifs is 1. The summed E-state index contributed by atoms with van der Waals surface area (Å²) >= 11 is 0. The van der Waals surface area contributed by atoms with E-state index in [2.05, 4.69) is 46.3 Å². The Morgan fingerprint density at radius 3 is 2.50 bits per heavy atom. The van der Waals surface area contributed by atoms with E-state index in [1.54, 1.807) is 24.3 Å². The van der Waals surface area contributed by atoms with Gasteiger partial charge in [-0.2, -0.15) is 5.10 Å². The lowest BCUT2D eigenvalue weighted by Gasteiger charge is -2.31. The van der Waals surface area contributed by atoms with Crippen molar-refractivity contribution in [3.05, 3.63) is 89.2 Å². The molecule has 1 aliphatic heterocycles. The van der Waals surface area contributed by atoms with Gasteiger partial charge in [0, 0.05) is 11.1 Å². The molecule has 0 fully saturated rings. The van der Waals surface area contributed by atoms with E-state index in [1.165, 1.54) is 12.1 Å². The van der Waals surface area contributed by atoms with Gasteiger partial charge < -0.3 is 14.7 Å². The molecule has 174 valence electrons. The Morgan fingerprint density at radius 2 is 1.76 bits per heavy atom. The zero-order valence-corrected chi connectivity index (χ0v) is 19.3. The van der Waals surface area contributed by atoms with Crippen LogP contribution in [0.2, 0.25) is 0 Å². The molecule has 1 aromatic heterocycles. The first kappa shape index (κ1) is 22.3. The highest BCUT2D eigenvalue weighted by Crippen LogP contribution is 2.46. The molecule has 0 bridgehead atoms. The van der Waals surface area contributed by atoms with Crippen molar-refractivity contribution in [2.45, 2.75) is 25.0 Å². The van der Waals surface area contributed by atoms with E-state index in [0.717, 1.165) is 47.2 Å². The van der Waals surface area contributed by atoms with Crippen LogP contribution in [0.15, 0.2) is 66.7 Å². The lowest BCUT2D eigenvalue weighted by atomic mass is 9.81. The number of aromatic hydroxyl groups is 1. The molecule has 34 heavy (non-hydrogen) atoms. The van der Waals surface area contributed by atoms with E-state index >= 15 is 0 Å². The average Bonchev–Trinajstić information content (AvgIpc) is 3.46. The topological polar surface area (TPSA) is 74.3 Å². The molecule has 0 spiro atoms. The van der Waals surface area contributed by atoms with Crippen LogP contribution in [-0.4, -0.2) is 45.8 Å². The number of phenolic OH excluding ortho intramolecular Hbond substituents is 1. The minimum Gasteiger partial charge on any atom is -0.508 e. The monoisotopic (exact) mass is 458 g/mol. The van der Waals surface area contributed by atoms with E-state index in [9.17, 15) is 9.50 Å². The highest BCUT2D eigenvalue weighted by atomic mass is 19.1. The molecule has 0 amide bonds. The summed E-state index contributed by atoms with van der Waals surface area (Å²) in [5.41, 5.74) is 4.29. The van der Waals surface area contributed by atoms with E-state index in [-0.39, 0.29) is 11.6 Å². The predicted octanol–water partition coefficient (Wildman–Crippen LogP) is 5.10. The van der Waals surface area contributed by atoms with Crippen molar-refractivity contribution < 1.29 is 14.2 Å². The quantitative estimate of drug-likeness (QED) is 0.403. The Balaban J connectivity index is 1.48. The Morgan fingerprint density at radius 1 is 1.03 bits per heavy atom. The fraction of sp³-hybridized carbons (Fsp3) is 0.259. The second kappa shape index (κ2) is 9.00. The molecule has 0 saturated heterocycles. The van der Waals surface area contributed by atoms with E-state index < -0.39 is 5.60 Å². The van der Waals surface area contributed by atoms with Crippen molar-refractivity contribution in [3.63, 3.8) is 0 Å². The minimum atomic E-state index is -0.603. The van der Waals surface area contributed by atoms with Gasteiger partial charge in [-0.15, -0.1) is 0 Å². The molecular formula is C27H27FN4O2. The molecule has 3 aromatic carbocycles. The van der Waals surface area contributed by atoms with Crippen molar-refractivity contribution in [1.29, 1.82) is 0 Å². The van der Waals surface area contributed by atoms with Gasteiger partial charge >= 0.3 is 0 Å². The number of nitrogens with zero attached hydrogens (tertiary/aromatic N) is 3. The molecule has 1 atom stereocenters. The number of hydrogen-bond donors (Lipinski definition) is 2. The zero-order valence-electron chi connectivity index (χ0n) is 19.3. The fourth-order valence-corrected chi connectivity index (χ4v) is 4.62. The van der Waals surface area contributed by atoms with Gasteiger partial charge in [-0.25, -0.2) is 9.37 Å². The predicted molar refractivity (Wildman–Crippen MR) is 129 cm³/mol. The van der Waals surface area contributed by atoms with E-state index in [4.69, 9.17) is 4.74 Å². The number of H-pyrrole nitrogens is 1. The molecule has 0 unspecified atom stereocenters. The minimum absolute atomic E-state index is 0.206. The van der Waals surface area contributed by atoms with Crippen LogP contribution in [0.3, 0.4) is 0 Å². The molecule has 6 nitrogen and oxygen atoms in total. The van der Waals surface area contributed by atoms with Crippen LogP contribution in [0.1, 0.15) is 29.5 Å². The van der Waals surface area contributed by atoms with Gasteiger partial charge in [0.2, 0.25) is 0 Å². The Hall–Kier alpha value is -3.55. The number of phenols is 1. The second-order valence-corrected chi connectivity index (χ2v) is 8.96. The molecule has 1 aliphatic rings. The first-order valence-corrected chi connectivity index (χ1v) is 11.3. The molecule has 0 saturated carbocycles. The molecule has 0 aliphatic carbocycles. The smallest absolute Gasteiger partial charge is 0.181 e. The van der Waals surface area contributed by atoms with Gasteiger partial charge in [0.1, 0.15) is 17.2 Å². The first-order valence-electron chi connectivity index (χ1n) is 11.3. The number of ether oxygens (including phenoxy) is 1. The summed E-state index contributed by atoms with van der Waals surface area (Å²) in [6.45, 7) is 1.41.